The predicted molar refractivity (Wildman–Crippen MR) is 81.5 cm³/mol. The van der Waals surface area contributed by atoms with Crippen molar-refractivity contribution in [1.82, 2.24) is 5.32 Å². The van der Waals surface area contributed by atoms with Crippen molar-refractivity contribution in [3.63, 3.8) is 0 Å². The highest BCUT2D eigenvalue weighted by molar-refractivity contribution is 5.95. The third-order valence-corrected chi connectivity index (χ3v) is 4.44. The fraction of sp³-hybridized carbons (Fsp3) is 0.533. The summed E-state index contributed by atoms with van der Waals surface area (Å²) in [6.45, 7) is 4.95. The second kappa shape index (κ2) is 5.71. The lowest BCUT2D eigenvalue weighted by Gasteiger charge is -2.20. The van der Waals surface area contributed by atoms with Crippen molar-refractivity contribution in [3.8, 4) is 0 Å². The van der Waals surface area contributed by atoms with Gasteiger partial charge in [0, 0.05) is 25.2 Å². The fourth-order valence-corrected chi connectivity index (χ4v) is 2.51. The number of anilines is 1. The Balaban J connectivity index is 2.09. The van der Waals surface area contributed by atoms with Crippen LogP contribution >= 0.6 is 0 Å². The highest BCUT2D eigenvalue weighted by atomic mass is 16.6. The molecule has 114 valence electrons. The van der Waals surface area contributed by atoms with Crippen LogP contribution in [0.1, 0.15) is 37.0 Å². The largest absolute Gasteiger partial charge is 0.383 e. The summed E-state index contributed by atoms with van der Waals surface area (Å²) in [7, 11) is 1.61. The maximum Gasteiger partial charge on any atom is 0.293 e. The van der Waals surface area contributed by atoms with E-state index in [0.29, 0.717) is 23.7 Å². The first-order valence-electron chi connectivity index (χ1n) is 7.14. The summed E-state index contributed by atoms with van der Waals surface area (Å²) in [5.74, 6) is 0.270. The van der Waals surface area contributed by atoms with E-state index in [1.807, 2.05) is 0 Å². The van der Waals surface area contributed by atoms with Gasteiger partial charge in [-0.3, -0.25) is 14.9 Å². The molecule has 2 N–H and O–H groups in total. The van der Waals surface area contributed by atoms with Crippen LogP contribution < -0.4 is 10.6 Å². The van der Waals surface area contributed by atoms with E-state index in [4.69, 9.17) is 0 Å². The molecule has 1 fully saturated rings. The van der Waals surface area contributed by atoms with Crippen LogP contribution in [-0.2, 0) is 0 Å². The van der Waals surface area contributed by atoms with Gasteiger partial charge in [0.15, 0.2) is 0 Å². The number of rotatable bonds is 6. The summed E-state index contributed by atoms with van der Waals surface area (Å²) < 4.78 is 0. The molecular formula is C15H21N3O3. The number of nitrogens with zero attached hydrogens (tertiary/aromatic N) is 1. The smallest absolute Gasteiger partial charge is 0.293 e. The molecule has 2 rings (SSSR count). The van der Waals surface area contributed by atoms with Gasteiger partial charge >= 0.3 is 0 Å². The number of hydrogen-bond donors (Lipinski definition) is 2. The van der Waals surface area contributed by atoms with Crippen molar-refractivity contribution < 1.29 is 9.72 Å². The van der Waals surface area contributed by atoms with Crippen LogP contribution in [0, 0.1) is 21.4 Å². The Hall–Kier alpha value is -2.11. The van der Waals surface area contributed by atoms with Gasteiger partial charge in [-0.15, -0.1) is 0 Å². The summed E-state index contributed by atoms with van der Waals surface area (Å²) in [6.07, 6.45) is 2.26. The van der Waals surface area contributed by atoms with E-state index in [1.165, 1.54) is 6.07 Å². The molecule has 1 aliphatic rings. The minimum atomic E-state index is -0.487. The van der Waals surface area contributed by atoms with E-state index in [2.05, 4.69) is 24.5 Å². The summed E-state index contributed by atoms with van der Waals surface area (Å²) in [5, 5.41) is 16.7. The second-order valence-corrected chi connectivity index (χ2v) is 5.94. The lowest BCUT2D eigenvalue weighted by atomic mass is 9.92. The fourth-order valence-electron chi connectivity index (χ4n) is 2.51. The molecule has 1 aliphatic carbocycles. The number of carbonyl (C=O) groups excluding carboxylic acids is 1. The highest BCUT2D eigenvalue weighted by Gasteiger charge is 2.45. The van der Waals surface area contributed by atoms with Crippen LogP contribution in [-0.4, -0.2) is 24.4 Å². The predicted octanol–water partition coefficient (Wildman–Crippen LogP) is 2.80. The van der Waals surface area contributed by atoms with E-state index in [0.717, 1.165) is 12.8 Å². The molecule has 21 heavy (non-hydrogen) atoms. The van der Waals surface area contributed by atoms with Gasteiger partial charge < -0.3 is 10.6 Å². The van der Waals surface area contributed by atoms with Crippen molar-refractivity contribution in [2.75, 3.05) is 18.9 Å². The zero-order chi connectivity index (χ0) is 15.6. The molecule has 6 heteroatoms. The Bertz CT molecular complexity index is 565. The molecule has 1 saturated carbocycles. The molecule has 0 aromatic heterocycles. The maximum absolute atomic E-state index is 12.2. The van der Waals surface area contributed by atoms with Gasteiger partial charge in [0.2, 0.25) is 0 Å². The van der Waals surface area contributed by atoms with Crippen molar-refractivity contribution in [1.29, 1.82) is 0 Å². The summed E-state index contributed by atoms with van der Waals surface area (Å²) in [5.41, 5.74) is 0.847. The molecular weight excluding hydrogens is 270 g/mol. The van der Waals surface area contributed by atoms with Gasteiger partial charge in [-0.2, -0.15) is 0 Å². The van der Waals surface area contributed by atoms with Gasteiger partial charge in [0.05, 0.1) is 4.92 Å². The third kappa shape index (κ3) is 3.15. The Kier molecular flexibility index (Phi) is 4.16. The number of benzene rings is 1. The quantitative estimate of drug-likeness (QED) is 0.623. The van der Waals surface area contributed by atoms with Crippen molar-refractivity contribution >= 4 is 17.3 Å². The zero-order valence-electron chi connectivity index (χ0n) is 12.6. The topological polar surface area (TPSA) is 84.3 Å². The van der Waals surface area contributed by atoms with Gasteiger partial charge in [-0.05, 0) is 36.3 Å². The number of nitro benzene ring substituents is 1. The summed E-state index contributed by atoms with van der Waals surface area (Å²) in [6, 6.07) is 4.47. The number of amides is 1. The van der Waals surface area contributed by atoms with Gasteiger partial charge in [-0.25, -0.2) is 0 Å². The van der Waals surface area contributed by atoms with Gasteiger partial charge in [0.1, 0.15) is 5.69 Å². The molecule has 0 heterocycles. The van der Waals surface area contributed by atoms with Crippen LogP contribution in [0.2, 0.25) is 0 Å². The molecule has 0 radical (unpaired) electrons. The molecule has 1 aromatic rings. The maximum atomic E-state index is 12.2. The zero-order valence-corrected chi connectivity index (χ0v) is 12.6. The molecule has 1 aromatic carbocycles. The van der Waals surface area contributed by atoms with Crippen LogP contribution in [0.25, 0.3) is 0 Å². The van der Waals surface area contributed by atoms with Gasteiger partial charge in [0.25, 0.3) is 11.6 Å². The van der Waals surface area contributed by atoms with Crippen molar-refractivity contribution in [2.45, 2.75) is 26.7 Å². The van der Waals surface area contributed by atoms with Crippen molar-refractivity contribution in [2.24, 2.45) is 11.3 Å². The number of hydrogen-bond acceptors (Lipinski definition) is 4. The normalized spacial score (nSPS) is 15.6. The average molecular weight is 291 g/mol. The Morgan fingerprint density at radius 1 is 1.43 bits per heavy atom. The molecule has 0 saturated heterocycles. The summed E-state index contributed by atoms with van der Waals surface area (Å²) in [4.78, 5) is 22.7. The first-order chi connectivity index (χ1) is 9.89. The standard InChI is InChI=1S/C15H21N3O3/c1-10(2)15(6-7-15)9-17-14(19)11-4-5-12(16-3)13(8-11)18(20)21/h4-5,8,10,16H,6-7,9H2,1-3H3,(H,17,19). The average Bonchev–Trinajstić information content (AvgIpc) is 3.25. The highest BCUT2D eigenvalue weighted by Crippen LogP contribution is 2.51. The molecule has 0 spiro atoms. The molecule has 0 bridgehead atoms. The molecule has 0 unspecified atom stereocenters. The first-order valence-corrected chi connectivity index (χ1v) is 7.14. The van der Waals surface area contributed by atoms with Crippen molar-refractivity contribution in [3.05, 3.63) is 33.9 Å². The van der Waals surface area contributed by atoms with E-state index < -0.39 is 4.92 Å². The molecule has 0 atom stereocenters. The van der Waals surface area contributed by atoms with E-state index >= 15 is 0 Å². The van der Waals surface area contributed by atoms with E-state index in [-0.39, 0.29) is 17.0 Å². The first kappa shape index (κ1) is 15.3. The monoisotopic (exact) mass is 291 g/mol. The number of carbonyl (C=O) groups is 1. The molecule has 0 aliphatic heterocycles. The Morgan fingerprint density at radius 3 is 2.57 bits per heavy atom. The second-order valence-electron chi connectivity index (χ2n) is 5.94. The minimum absolute atomic E-state index is 0.0878. The minimum Gasteiger partial charge on any atom is -0.383 e. The SMILES string of the molecule is CNc1ccc(C(=O)NCC2(C(C)C)CC2)cc1[N+](=O)[O-]. The Morgan fingerprint density at radius 2 is 2.10 bits per heavy atom. The molecule has 1 amide bonds. The Labute approximate surface area is 124 Å². The van der Waals surface area contributed by atoms with Crippen LogP contribution in [0.3, 0.4) is 0 Å². The van der Waals surface area contributed by atoms with Gasteiger partial charge in [-0.1, -0.05) is 13.8 Å². The number of nitro groups is 1. The van der Waals surface area contributed by atoms with E-state index in [9.17, 15) is 14.9 Å². The summed E-state index contributed by atoms with van der Waals surface area (Å²) >= 11 is 0. The van der Waals surface area contributed by atoms with Crippen LogP contribution in [0.5, 0.6) is 0 Å². The molecule has 6 nitrogen and oxygen atoms in total. The van der Waals surface area contributed by atoms with Crippen LogP contribution in [0.4, 0.5) is 11.4 Å². The third-order valence-electron chi connectivity index (χ3n) is 4.44. The lowest BCUT2D eigenvalue weighted by molar-refractivity contribution is -0.384. The van der Waals surface area contributed by atoms with Crippen LogP contribution in [0.15, 0.2) is 18.2 Å². The number of nitrogens with one attached hydrogen (secondary N) is 2. The van der Waals surface area contributed by atoms with E-state index in [1.54, 1.807) is 19.2 Å². The lowest BCUT2D eigenvalue weighted by Crippen LogP contribution is -2.32.